The van der Waals surface area contributed by atoms with Gasteiger partial charge >= 0.3 is 5.97 Å². The summed E-state index contributed by atoms with van der Waals surface area (Å²) in [7, 11) is 0. The largest absolute Gasteiger partial charge is 0.488 e. The van der Waals surface area contributed by atoms with Gasteiger partial charge in [0.15, 0.2) is 0 Å². The highest BCUT2D eigenvalue weighted by atomic mass is 16.5. The number of hydrogen-bond acceptors (Lipinski definition) is 4. The zero-order chi connectivity index (χ0) is 18.4. The standard InChI is InChI=1S/C20H29NO4/c1-5-24-19(23)13-18(22)21-12-8-9-15(14-21)25-17-11-7-6-10-16(17)20(2,3)4/h6-7,10-11,15H,5,8-9,12-14H2,1-4H3. The summed E-state index contributed by atoms with van der Waals surface area (Å²) in [4.78, 5) is 25.5. The van der Waals surface area contributed by atoms with Gasteiger partial charge in [0.1, 0.15) is 18.3 Å². The van der Waals surface area contributed by atoms with E-state index in [0.29, 0.717) is 19.7 Å². The molecule has 1 saturated heterocycles. The lowest BCUT2D eigenvalue weighted by atomic mass is 9.86. The number of benzene rings is 1. The molecule has 0 spiro atoms. The molecule has 1 aliphatic heterocycles. The fourth-order valence-electron chi connectivity index (χ4n) is 3.08. The highest BCUT2D eigenvalue weighted by Gasteiger charge is 2.28. The number of esters is 1. The van der Waals surface area contributed by atoms with Crippen LogP contribution in [0.4, 0.5) is 0 Å². The molecule has 0 aliphatic carbocycles. The van der Waals surface area contributed by atoms with E-state index in [9.17, 15) is 9.59 Å². The van der Waals surface area contributed by atoms with E-state index in [1.165, 1.54) is 0 Å². The zero-order valence-corrected chi connectivity index (χ0v) is 15.7. The van der Waals surface area contributed by atoms with Gasteiger partial charge in [-0.05, 0) is 36.8 Å². The first-order valence-electron chi connectivity index (χ1n) is 9.00. The molecule has 0 radical (unpaired) electrons. The molecule has 1 unspecified atom stereocenters. The third kappa shape index (κ3) is 5.48. The van der Waals surface area contributed by atoms with Gasteiger partial charge in [0.25, 0.3) is 0 Å². The maximum Gasteiger partial charge on any atom is 0.315 e. The number of piperidine rings is 1. The second kappa shape index (κ2) is 8.37. The predicted molar refractivity (Wildman–Crippen MR) is 96.6 cm³/mol. The van der Waals surface area contributed by atoms with Gasteiger partial charge in [-0.2, -0.15) is 0 Å². The maximum absolute atomic E-state index is 12.3. The van der Waals surface area contributed by atoms with Crippen molar-refractivity contribution >= 4 is 11.9 Å². The van der Waals surface area contributed by atoms with Crippen LogP contribution in [0.5, 0.6) is 5.75 Å². The number of hydrogen-bond donors (Lipinski definition) is 0. The first kappa shape index (κ1) is 19.3. The Kier molecular flexibility index (Phi) is 6.45. The van der Waals surface area contributed by atoms with E-state index in [0.717, 1.165) is 24.2 Å². The average Bonchev–Trinajstić information content (AvgIpc) is 2.55. The van der Waals surface area contributed by atoms with Crippen LogP contribution < -0.4 is 4.74 Å². The van der Waals surface area contributed by atoms with Crippen LogP contribution >= 0.6 is 0 Å². The molecule has 1 aromatic rings. The van der Waals surface area contributed by atoms with Crippen LogP contribution in [0.15, 0.2) is 24.3 Å². The Labute approximate surface area is 150 Å². The van der Waals surface area contributed by atoms with E-state index < -0.39 is 5.97 Å². The SMILES string of the molecule is CCOC(=O)CC(=O)N1CCCC(Oc2ccccc2C(C)(C)C)C1. The van der Waals surface area contributed by atoms with E-state index >= 15 is 0 Å². The van der Waals surface area contributed by atoms with Gasteiger partial charge in [-0.1, -0.05) is 39.0 Å². The first-order valence-corrected chi connectivity index (χ1v) is 9.00. The van der Waals surface area contributed by atoms with Gasteiger partial charge in [0.2, 0.25) is 5.91 Å². The van der Waals surface area contributed by atoms with E-state index in [1.807, 2.05) is 18.2 Å². The lowest BCUT2D eigenvalue weighted by molar-refractivity contribution is -0.149. The van der Waals surface area contributed by atoms with Gasteiger partial charge in [0.05, 0.1) is 13.2 Å². The summed E-state index contributed by atoms with van der Waals surface area (Å²) < 4.78 is 11.1. The molecular weight excluding hydrogens is 318 g/mol. The topological polar surface area (TPSA) is 55.8 Å². The molecule has 0 bridgehead atoms. The number of likely N-dealkylation sites (tertiary alicyclic amines) is 1. The maximum atomic E-state index is 12.3. The number of carbonyl (C=O) groups is 2. The summed E-state index contributed by atoms with van der Waals surface area (Å²) in [5.41, 5.74) is 1.15. The Morgan fingerprint density at radius 1 is 1.24 bits per heavy atom. The van der Waals surface area contributed by atoms with Crippen LogP contribution in [0.1, 0.15) is 52.5 Å². The Balaban J connectivity index is 2.00. The molecule has 1 aliphatic rings. The normalized spacial score (nSPS) is 17.9. The molecule has 1 fully saturated rings. The average molecular weight is 347 g/mol. The Morgan fingerprint density at radius 2 is 1.96 bits per heavy atom. The van der Waals surface area contributed by atoms with Gasteiger partial charge in [0, 0.05) is 6.54 Å². The molecule has 1 heterocycles. The molecule has 5 heteroatoms. The van der Waals surface area contributed by atoms with Crippen LogP contribution in [0, 0.1) is 0 Å². The molecule has 138 valence electrons. The molecule has 1 atom stereocenters. The molecular formula is C20H29NO4. The molecule has 1 aromatic carbocycles. The number of amides is 1. The molecule has 1 amide bonds. The monoisotopic (exact) mass is 347 g/mol. The fraction of sp³-hybridized carbons (Fsp3) is 0.600. The Hall–Kier alpha value is -2.04. The van der Waals surface area contributed by atoms with E-state index in [-0.39, 0.29) is 23.8 Å². The van der Waals surface area contributed by atoms with Gasteiger partial charge in [-0.25, -0.2) is 0 Å². The van der Waals surface area contributed by atoms with Crippen molar-refractivity contribution in [2.24, 2.45) is 0 Å². The van der Waals surface area contributed by atoms with Crippen molar-refractivity contribution in [3.05, 3.63) is 29.8 Å². The van der Waals surface area contributed by atoms with Crippen molar-refractivity contribution in [1.82, 2.24) is 4.90 Å². The second-order valence-electron chi connectivity index (χ2n) is 7.45. The molecule has 0 aromatic heterocycles. The minimum Gasteiger partial charge on any atom is -0.488 e. The number of nitrogens with zero attached hydrogens (tertiary/aromatic N) is 1. The number of para-hydroxylation sites is 1. The smallest absolute Gasteiger partial charge is 0.315 e. The summed E-state index contributed by atoms with van der Waals surface area (Å²) in [5.74, 6) is 0.226. The van der Waals surface area contributed by atoms with Gasteiger partial charge in [-0.3, -0.25) is 9.59 Å². The number of carbonyl (C=O) groups excluding carboxylic acids is 2. The van der Waals surface area contributed by atoms with Crippen LogP contribution in [0.3, 0.4) is 0 Å². The summed E-state index contributed by atoms with van der Waals surface area (Å²) in [6.45, 7) is 9.68. The Morgan fingerprint density at radius 3 is 2.64 bits per heavy atom. The zero-order valence-electron chi connectivity index (χ0n) is 15.7. The molecule has 0 saturated carbocycles. The lowest BCUT2D eigenvalue weighted by Crippen LogP contribution is -2.45. The summed E-state index contributed by atoms with van der Waals surface area (Å²) in [5, 5.41) is 0. The van der Waals surface area contributed by atoms with Crippen molar-refractivity contribution < 1.29 is 19.1 Å². The predicted octanol–water partition coefficient (Wildman–Crippen LogP) is 3.31. The highest BCUT2D eigenvalue weighted by molar-refractivity contribution is 5.94. The second-order valence-corrected chi connectivity index (χ2v) is 7.45. The van der Waals surface area contributed by atoms with Gasteiger partial charge in [-0.15, -0.1) is 0 Å². The summed E-state index contributed by atoms with van der Waals surface area (Å²) in [6, 6.07) is 8.06. The highest BCUT2D eigenvalue weighted by Crippen LogP contribution is 2.32. The third-order valence-corrected chi connectivity index (χ3v) is 4.32. The van der Waals surface area contributed by atoms with Crippen LogP contribution in [0.2, 0.25) is 0 Å². The summed E-state index contributed by atoms with van der Waals surface area (Å²) in [6.07, 6.45) is 1.53. The summed E-state index contributed by atoms with van der Waals surface area (Å²) >= 11 is 0. The molecule has 5 nitrogen and oxygen atoms in total. The lowest BCUT2D eigenvalue weighted by Gasteiger charge is -2.34. The Bertz CT molecular complexity index is 606. The van der Waals surface area contributed by atoms with Crippen molar-refractivity contribution in [2.45, 2.75) is 58.5 Å². The first-order chi connectivity index (χ1) is 11.8. The number of rotatable bonds is 5. The van der Waals surface area contributed by atoms with Crippen LogP contribution in [-0.2, 0) is 19.7 Å². The minimum atomic E-state index is -0.464. The quantitative estimate of drug-likeness (QED) is 0.606. The van der Waals surface area contributed by atoms with Crippen molar-refractivity contribution in [3.8, 4) is 5.75 Å². The third-order valence-electron chi connectivity index (χ3n) is 4.32. The molecule has 0 N–H and O–H groups in total. The van der Waals surface area contributed by atoms with Gasteiger partial charge < -0.3 is 14.4 Å². The van der Waals surface area contributed by atoms with Crippen LogP contribution in [0.25, 0.3) is 0 Å². The van der Waals surface area contributed by atoms with E-state index in [2.05, 4.69) is 26.8 Å². The molecule has 25 heavy (non-hydrogen) atoms. The van der Waals surface area contributed by atoms with Crippen LogP contribution in [-0.4, -0.2) is 42.6 Å². The molecule has 2 rings (SSSR count). The van der Waals surface area contributed by atoms with Crippen molar-refractivity contribution in [3.63, 3.8) is 0 Å². The van der Waals surface area contributed by atoms with Crippen molar-refractivity contribution in [2.75, 3.05) is 19.7 Å². The number of ether oxygens (including phenoxy) is 2. The van der Waals surface area contributed by atoms with Crippen molar-refractivity contribution in [1.29, 1.82) is 0 Å². The van der Waals surface area contributed by atoms with E-state index in [4.69, 9.17) is 9.47 Å². The minimum absolute atomic E-state index is 0.00925. The van der Waals surface area contributed by atoms with E-state index in [1.54, 1.807) is 11.8 Å². The fourth-order valence-corrected chi connectivity index (χ4v) is 3.08.